The lowest BCUT2D eigenvalue weighted by Gasteiger charge is -2.24. The number of guanidine groups is 1. The normalized spacial score (nSPS) is 21.7. The molecule has 0 fully saturated rings. The van der Waals surface area contributed by atoms with Crippen LogP contribution in [0.25, 0.3) is 0 Å². The average Bonchev–Trinajstić information content (AvgIpc) is 3.12. The van der Waals surface area contributed by atoms with Crippen LogP contribution in [0.4, 0.5) is 0 Å². The van der Waals surface area contributed by atoms with Gasteiger partial charge in [0, 0.05) is 30.9 Å². The number of methoxy groups -OCH3 is 3. The van der Waals surface area contributed by atoms with Crippen LogP contribution in [0.5, 0.6) is 0 Å². The molecule has 0 saturated heterocycles. The number of rotatable bonds is 4. The maximum Gasteiger partial charge on any atom is 0.338 e. The summed E-state index contributed by atoms with van der Waals surface area (Å²) in [6.45, 7) is 9.90. The highest BCUT2D eigenvalue weighted by atomic mass is 32.2. The van der Waals surface area contributed by atoms with E-state index in [1.54, 1.807) is 53.7 Å². The van der Waals surface area contributed by atoms with Crippen LogP contribution in [-0.4, -0.2) is 65.5 Å². The monoisotopic (exact) mass is 623 g/mol. The first-order valence-electron chi connectivity index (χ1n) is 12.8. The number of nitrogens with two attached hydrogens (primary N) is 2. The lowest BCUT2D eigenvalue weighted by molar-refractivity contribution is 0.0598. The molecule has 42 heavy (non-hydrogen) atoms. The van der Waals surface area contributed by atoms with E-state index in [0.717, 1.165) is 0 Å². The topological polar surface area (TPSA) is 195 Å². The second-order valence-corrected chi connectivity index (χ2v) is 16.2. The van der Waals surface area contributed by atoms with Crippen LogP contribution in [0, 0.1) is 13.8 Å². The number of aliphatic imine (C=N–C) groups is 1. The minimum absolute atomic E-state index is 0.0871. The van der Waals surface area contributed by atoms with E-state index >= 15 is 0 Å². The second-order valence-electron chi connectivity index (χ2n) is 11.2. The molecule has 2 heterocycles. The number of hydrogen-bond acceptors (Lipinski definition) is 9. The molecule has 2 aromatic carbocycles. The van der Waals surface area contributed by atoms with Crippen LogP contribution in [0.15, 0.2) is 39.0 Å². The van der Waals surface area contributed by atoms with E-state index in [4.69, 9.17) is 20.9 Å². The van der Waals surface area contributed by atoms with Crippen molar-refractivity contribution in [3.8, 4) is 0 Å². The fourth-order valence-electron chi connectivity index (χ4n) is 5.45. The van der Waals surface area contributed by atoms with Crippen molar-refractivity contribution in [3.63, 3.8) is 0 Å². The second kappa shape index (κ2) is 11.1. The van der Waals surface area contributed by atoms with Gasteiger partial charge in [0.2, 0.25) is 0 Å². The first kappa shape index (κ1) is 33.2. The van der Waals surface area contributed by atoms with Crippen LogP contribution in [0.2, 0.25) is 0 Å². The van der Waals surface area contributed by atoms with E-state index in [9.17, 15) is 26.4 Å². The summed E-state index contributed by atoms with van der Waals surface area (Å²) >= 11 is 0. The molecule has 12 nitrogen and oxygen atoms in total. The first-order valence-corrected chi connectivity index (χ1v) is 15.7. The van der Waals surface area contributed by atoms with Crippen molar-refractivity contribution in [2.24, 2.45) is 16.5 Å². The molecule has 0 aromatic heterocycles. The Morgan fingerprint density at radius 1 is 0.738 bits per heavy atom. The molecule has 230 valence electrons. The van der Waals surface area contributed by atoms with Gasteiger partial charge in [0.25, 0.3) is 5.91 Å². The zero-order valence-corrected chi connectivity index (χ0v) is 26.7. The molecule has 2 aromatic rings. The minimum atomic E-state index is -3.63. The number of carbonyl (C=O) groups excluding carboxylic acids is 2. The highest BCUT2D eigenvalue weighted by Gasteiger charge is 2.53. The van der Waals surface area contributed by atoms with Crippen molar-refractivity contribution in [2.45, 2.75) is 73.0 Å². The van der Waals surface area contributed by atoms with Crippen molar-refractivity contribution in [2.75, 3.05) is 21.3 Å². The fourth-order valence-corrected chi connectivity index (χ4v) is 9.10. The largest absolute Gasteiger partial charge is 0.465 e. The number of sulfone groups is 2. The zero-order chi connectivity index (χ0) is 32.2. The molecule has 0 aliphatic carbocycles. The zero-order valence-electron chi connectivity index (χ0n) is 25.1. The van der Waals surface area contributed by atoms with Gasteiger partial charge in [-0.15, -0.1) is 0 Å². The number of benzene rings is 2. The van der Waals surface area contributed by atoms with Crippen LogP contribution in [-0.2, 0) is 33.9 Å². The summed E-state index contributed by atoms with van der Waals surface area (Å²) in [7, 11) is -2.97. The maximum absolute atomic E-state index is 12.7. The molecule has 2 aliphatic rings. The molecule has 1 amide bonds. The van der Waals surface area contributed by atoms with Gasteiger partial charge in [0.1, 0.15) is 21.7 Å². The summed E-state index contributed by atoms with van der Waals surface area (Å²) in [6, 6.07) is 6.06. The Morgan fingerprint density at radius 2 is 1.12 bits per heavy atom. The molecule has 0 saturated carbocycles. The lowest BCUT2D eigenvalue weighted by atomic mass is 9.95. The number of carbonyl (C=O) groups is 2. The van der Waals surface area contributed by atoms with E-state index in [2.05, 4.69) is 9.73 Å². The first-order chi connectivity index (χ1) is 19.2. The Hall–Kier alpha value is -3.33. The van der Waals surface area contributed by atoms with Gasteiger partial charge in [0.05, 0.1) is 22.5 Å². The van der Waals surface area contributed by atoms with E-state index < -0.39 is 53.3 Å². The number of hydrogen-bond donors (Lipinski definition) is 2. The standard InChI is InChI=1S/C14H19N3O4S.C14H18O5S/c1-7-5-9-10(6-8(7)12(18)17-13(15)16)22(19,20)14(2,3)11(9)21-4;1-8-6-10-11(7-9(8)13(15)19-5)20(16,17)14(2,3)12(10)18-4/h5-6,11H,1-4H3,(H4,15,16,17,18);6-7,12H,1-5H3. The van der Waals surface area contributed by atoms with Crippen molar-refractivity contribution < 1.29 is 40.6 Å². The molecule has 0 spiro atoms. The summed E-state index contributed by atoms with van der Waals surface area (Å²) in [6.07, 6.45) is -1.15. The van der Waals surface area contributed by atoms with Gasteiger partial charge in [-0.1, -0.05) is 12.1 Å². The number of amides is 1. The maximum atomic E-state index is 12.7. The van der Waals surface area contributed by atoms with E-state index in [1.165, 1.54) is 33.5 Å². The molecule has 4 N–H and O–H groups in total. The Balaban J connectivity index is 0.000000231. The predicted molar refractivity (Wildman–Crippen MR) is 156 cm³/mol. The fraction of sp³-hybridized carbons (Fsp3) is 0.464. The molecule has 2 aliphatic heterocycles. The third kappa shape index (κ3) is 4.99. The highest BCUT2D eigenvalue weighted by molar-refractivity contribution is 7.93. The molecule has 2 unspecified atom stereocenters. The van der Waals surface area contributed by atoms with Crippen molar-refractivity contribution in [1.82, 2.24) is 0 Å². The third-order valence-corrected chi connectivity index (χ3v) is 12.9. The average molecular weight is 624 g/mol. The van der Waals surface area contributed by atoms with Crippen LogP contribution in [0.3, 0.4) is 0 Å². The Bertz CT molecular complexity index is 1710. The Morgan fingerprint density at radius 3 is 1.48 bits per heavy atom. The number of fused-ring (bicyclic) bond motifs is 2. The van der Waals surface area contributed by atoms with Gasteiger partial charge >= 0.3 is 5.97 Å². The van der Waals surface area contributed by atoms with Gasteiger partial charge in [-0.05, 0) is 64.8 Å². The van der Waals surface area contributed by atoms with Gasteiger partial charge in [-0.25, -0.2) is 21.6 Å². The predicted octanol–water partition coefficient (Wildman–Crippen LogP) is 2.70. The smallest absolute Gasteiger partial charge is 0.338 e. The number of aryl methyl sites for hydroxylation is 2. The van der Waals surface area contributed by atoms with Crippen LogP contribution < -0.4 is 11.5 Å². The third-order valence-electron chi connectivity index (χ3n) is 7.84. The highest BCUT2D eigenvalue weighted by Crippen LogP contribution is 2.50. The molecule has 0 radical (unpaired) electrons. The quantitative estimate of drug-likeness (QED) is 0.289. The van der Waals surface area contributed by atoms with Crippen molar-refractivity contribution in [3.05, 3.63) is 57.6 Å². The van der Waals surface area contributed by atoms with Gasteiger partial charge in [-0.2, -0.15) is 4.99 Å². The molecule has 14 heteroatoms. The molecule has 2 atom stereocenters. The molecule has 0 bridgehead atoms. The lowest BCUT2D eigenvalue weighted by Crippen LogP contribution is -2.33. The summed E-state index contributed by atoms with van der Waals surface area (Å²) in [5.41, 5.74) is 13.2. The minimum Gasteiger partial charge on any atom is -0.465 e. The molecular weight excluding hydrogens is 586 g/mol. The summed E-state index contributed by atoms with van der Waals surface area (Å²) < 4.78 is 63.9. The summed E-state index contributed by atoms with van der Waals surface area (Å²) in [5, 5.41) is 0. The van der Waals surface area contributed by atoms with Crippen LogP contribution in [0.1, 0.15) is 82.9 Å². The van der Waals surface area contributed by atoms with E-state index in [1.807, 2.05) is 0 Å². The Kier molecular flexibility index (Phi) is 8.74. The summed E-state index contributed by atoms with van der Waals surface area (Å²) in [5.74, 6) is -1.59. The number of esters is 1. The van der Waals surface area contributed by atoms with E-state index in [-0.39, 0.29) is 26.9 Å². The van der Waals surface area contributed by atoms with Crippen molar-refractivity contribution >= 4 is 37.5 Å². The Labute approximate surface area is 246 Å². The number of ether oxygens (including phenoxy) is 3. The van der Waals surface area contributed by atoms with E-state index in [0.29, 0.717) is 22.3 Å². The summed E-state index contributed by atoms with van der Waals surface area (Å²) in [4.78, 5) is 27.4. The van der Waals surface area contributed by atoms with Crippen molar-refractivity contribution in [1.29, 1.82) is 0 Å². The van der Waals surface area contributed by atoms with Gasteiger partial charge in [-0.3, -0.25) is 4.79 Å². The van der Waals surface area contributed by atoms with Crippen LogP contribution >= 0.6 is 0 Å². The number of nitrogens with zero attached hydrogens (tertiary/aromatic N) is 1. The van der Waals surface area contributed by atoms with Gasteiger partial charge < -0.3 is 25.7 Å². The molecular formula is C28H37N3O9S2. The van der Waals surface area contributed by atoms with Gasteiger partial charge in [0.15, 0.2) is 25.6 Å². The SMILES string of the molecule is COC(=O)c1cc2c(cc1C)C(OC)C(C)(C)S2(=O)=O.COC1c2cc(C)c(C(=O)N=C(N)N)cc2S(=O)(=O)C1(C)C. The molecule has 4 rings (SSSR count).